The first-order chi connectivity index (χ1) is 7.06. The van der Waals surface area contributed by atoms with E-state index in [9.17, 15) is 8.78 Å². The number of halogens is 2. The first-order valence-electron chi connectivity index (χ1n) is 5.27. The highest BCUT2D eigenvalue weighted by Crippen LogP contribution is 2.22. The summed E-state index contributed by atoms with van der Waals surface area (Å²) in [5.41, 5.74) is 0.457. The lowest BCUT2D eigenvalue weighted by Gasteiger charge is -2.16. The minimum atomic E-state index is -0.527. The number of hydrogen-bond donors (Lipinski definition) is 1. The Hall–Kier alpha value is -1.12. The van der Waals surface area contributed by atoms with Gasteiger partial charge in [-0.15, -0.1) is 0 Å². The molecular weight excluding hydrogens is 196 g/mol. The van der Waals surface area contributed by atoms with Gasteiger partial charge in [-0.3, -0.25) is 0 Å². The molecule has 3 heteroatoms. The molecule has 1 N–H and O–H groups in total. The van der Waals surface area contributed by atoms with Crippen molar-refractivity contribution in [3.63, 3.8) is 0 Å². The van der Waals surface area contributed by atoms with Gasteiger partial charge in [-0.05, 0) is 31.9 Å². The number of aryl methyl sites for hydroxylation is 1. The minimum Gasteiger partial charge on any atom is -0.378 e. The van der Waals surface area contributed by atoms with Crippen molar-refractivity contribution in [3.05, 3.63) is 29.3 Å². The van der Waals surface area contributed by atoms with Gasteiger partial charge in [-0.1, -0.05) is 19.4 Å². The van der Waals surface area contributed by atoms with Crippen molar-refractivity contribution in [2.75, 3.05) is 5.32 Å². The third kappa shape index (κ3) is 2.91. The summed E-state index contributed by atoms with van der Waals surface area (Å²) in [7, 11) is 0. The second-order valence-corrected chi connectivity index (χ2v) is 3.89. The third-order valence-corrected chi connectivity index (χ3v) is 2.40. The summed E-state index contributed by atoms with van der Waals surface area (Å²) >= 11 is 0. The molecule has 1 aromatic rings. The van der Waals surface area contributed by atoms with Crippen LogP contribution >= 0.6 is 0 Å². The molecule has 1 atom stereocenters. The summed E-state index contributed by atoms with van der Waals surface area (Å²) in [6.07, 6.45) is 1.88. The molecule has 1 aromatic carbocycles. The molecule has 1 nitrogen and oxygen atoms in total. The zero-order valence-electron chi connectivity index (χ0n) is 9.40. The third-order valence-electron chi connectivity index (χ3n) is 2.40. The second-order valence-electron chi connectivity index (χ2n) is 3.89. The van der Waals surface area contributed by atoms with E-state index in [1.807, 2.05) is 13.8 Å². The molecule has 0 aliphatic carbocycles. The van der Waals surface area contributed by atoms with Gasteiger partial charge >= 0.3 is 0 Å². The summed E-state index contributed by atoms with van der Waals surface area (Å²) in [4.78, 5) is 0. The molecule has 0 bridgehead atoms. The van der Waals surface area contributed by atoms with Crippen molar-refractivity contribution in [1.29, 1.82) is 0 Å². The van der Waals surface area contributed by atoms with Crippen LogP contribution in [-0.4, -0.2) is 6.04 Å². The predicted octanol–water partition coefficient (Wildman–Crippen LogP) is 3.87. The van der Waals surface area contributed by atoms with Gasteiger partial charge in [-0.25, -0.2) is 8.78 Å². The average molecular weight is 213 g/mol. The highest BCUT2D eigenvalue weighted by Gasteiger charge is 2.12. The van der Waals surface area contributed by atoms with Crippen molar-refractivity contribution in [2.24, 2.45) is 0 Å². The Morgan fingerprint density at radius 1 is 1.33 bits per heavy atom. The number of anilines is 1. The van der Waals surface area contributed by atoms with Crippen molar-refractivity contribution in [2.45, 2.75) is 39.7 Å². The van der Waals surface area contributed by atoms with Gasteiger partial charge < -0.3 is 5.32 Å². The molecule has 0 fully saturated rings. The fraction of sp³-hybridized carbons (Fsp3) is 0.500. The van der Waals surface area contributed by atoms with Crippen molar-refractivity contribution in [3.8, 4) is 0 Å². The summed E-state index contributed by atoms with van der Waals surface area (Å²) in [6.45, 7) is 5.59. The number of rotatable bonds is 4. The first-order valence-corrected chi connectivity index (χ1v) is 5.27. The van der Waals surface area contributed by atoms with Gasteiger partial charge in [-0.2, -0.15) is 0 Å². The van der Waals surface area contributed by atoms with Gasteiger partial charge in [0.05, 0.1) is 0 Å². The molecule has 84 valence electrons. The molecule has 0 amide bonds. The van der Waals surface area contributed by atoms with Crippen LogP contribution in [-0.2, 0) is 0 Å². The van der Waals surface area contributed by atoms with Crippen LogP contribution in [0.5, 0.6) is 0 Å². The van der Waals surface area contributed by atoms with Crippen molar-refractivity contribution in [1.82, 2.24) is 0 Å². The van der Waals surface area contributed by atoms with E-state index < -0.39 is 11.6 Å². The van der Waals surface area contributed by atoms with Crippen LogP contribution in [0.15, 0.2) is 12.1 Å². The largest absolute Gasteiger partial charge is 0.378 e. The smallest absolute Gasteiger partial charge is 0.152 e. The van der Waals surface area contributed by atoms with Gasteiger partial charge in [0.1, 0.15) is 11.5 Å². The number of benzene rings is 1. The lowest BCUT2D eigenvalue weighted by atomic mass is 10.1. The van der Waals surface area contributed by atoms with Crippen LogP contribution in [0.25, 0.3) is 0 Å². The van der Waals surface area contributed by atoms with Crippen LogP contribution in [0.2, 0.25) is 0 Å². The Morgan fingerprint density at radius 3 is 2.60 bits per heavy atom. The van der Waals surface area contributed by atoms with E-state index in [2.05, 4.69) is 5.32 Å². The zero-order valence-corrected chi connectivity index (χ0v) is 9.40. The Labute approximate surface area is 89.5 Å². The molecule has 1 rings (SSSR count). The molecular formula is C12H17F2N. The summed E-state index contributed by atoms with van der Waals surface area (Å²) < 4.78 is 26.9. The van der Waals surface area contributed by atoms with E-state index in [1.54, 1.807) is 6.92 Å². The normalized spacial score (nSPS) is 12.6. The SMILES string of the molecule is CCCC(C)Nc1c(F)ccc(C)c1F. The second kappa shape index (κ2) is 5.10. The highest BCUT2D eigenvalue weighted by molar-refractivity contribution is 5.49. The van der Waals surface area contributed by atoms with Gasteiger partial charge in [0, 0.05) is 6.04 Å². The summed E-state index contributed by atoms with van der Waals surface area (Å²) in [6, 6.07) is 2.82. The lowest BCUT2D eigenvalue weighted by Crippen LogP contribution is -2.17. The molecule has 0 aliphatic rings. The van der Waals surface area contributed by atoms with Crippen LogP contribution in [0, 0.1) is 18.6 Å². The minimum absolute atomic E-state index is 0.00375. The topological polar surface area (TPSA) is 12.0 Å². The molecule has 0 heterocycles. The van der Waals surface area contributed by atoms with Gasteiger partial charge in [0.25, 0.3) is 0 Å². The Morgan fingerprint density at radius 2 is 2.00 bits per heavy atom. The molecule has 0 saturated carbocycles. The van der Waals surface area contributed by atoms with E-state index in [-0.39, 0.29) is 11.7 Å². The molecule has 0 saturated heterocycles. The number of hydrogen-bond acceptors (Lipinski definition) is 1. The molecule has 15 heavy (non-hydrogen) atoms. The highest BCUT2D eigenvalue weighted by atomic mass is 19.1. The maximum absolute atomic E-state index is 13.6. The van der Waals surface area contributed by atoms with E-state index in [1.165, 1.54) is 12.1 Å². The predicted molar refractivity (Wildman–Crippen MR) is 59.1 cm³/mol. The molecule has 0 spiro atoms. The van der Waals surface area contributed by atoms with Crippen LogP contribution in [0.1, 0.15) is 32.3 Å². The van der Waals surface area contributed by atoms with Crippen LogP contribution < -0.4 is 5.32 Å². The zero-order chi connectivity index (χ0) is 11.4. The van der Waals surface area contributed by atoms with Crippen molar-refractivity contribution >= 4 is 5.69 Å². The van der Waals surface area contributed by atoms with E-state index in [0.29, 0.717) is 5.56 Å². The molecule has 0 aliphatic heterocycles. The maximum Gasteiger partial charge on any atom is 0.152 e. The standard InChI is InChI=1S/C12H17F2N/c1-4-5-9(3)15-12-10(13)7-6-8(2)11(12)14/h6-7,9,15H,4-5H2,1-3H3. The Bertz CT molecular complexity index is 337. The fourth-order valence-corrected chi connectivity index (χ4v) is 1.54. The molecule has 0 aromatic heterocycles. The quantitative estimate of drug-likeness (QED) is 0.800. The number of nitrogens with one attached hydrogen (secondary N) is 1. The maximum atomic E-state index is 13.6. The van der Waals surface area contributed by atoms with E-state index >= 15 is 0 Å². The average Bonchev–Trinajstić information content (AvgIpc) is 2.19. The van der Waals surface area contributed by atoms with Crippen LogP contribution in [0.4, 0.5) is 14.5 Å². The molecule has 0 radical (unpaired) electrons. The Balaban J connectivity index is 2.88. The van der Waals surface area contributed by atoms with E-state index in [4.69, 9.17) is 0 Å². The van der Waals surface area contributed by atoms with Crippen molar-refractivity contribution < 1.29 is 8.78 Å². The Kier molecular flexibility index (Phi) is 4.06. The monoisotopic (exact) mass is 213 g/mol. The van der Waals surface area contributed by atoms with Gasteiger partial charge in [0.15, 0.2) is 5.82 Å². The molecule has 1 unspecified atom stereocenters. The van der Waals surface area contributed by atoms with E-state index in [0.717, 1.165) is 12.8 Å². The first kappa shape index (κ1) is 12.0. The lowest BCUT2D eigenvalue weighted by molar-refractivity contribution is 0.573. The van der Waals surface area contributed by atoms with Crippen LogP contribution in [0.3, 0.4) is 0 Å². The summed E-state index contributed by atoms with van der Waals surface area (Å²) in [5.74, 6) is -1.01. The van der Waals surface area contributed by atoms with Gasteiger partial charge in [0.2, 0.25) is 0 Å². The summed E-state index contributed by atoms with van der Waals surface area (Å²) in [5, 5.41) is 2.87. The fourth-order valence-electron chi connectivity index (χ4n) is 1.54.